The molecule has 0 aliphatic rings. The van der Waals surface area contributed by atoms with E-state index in [1.165, 1.54) is 24.0 Å². The Morgan fingerprint density at radius 2 is 2.13 bits per heavy atom. The van der Waals surface area contributed by atoms with Crippen molar-refractivity contribution >= 4 is 46.7 Å². The van der Waals surface area contributed by atoms with E-state index in [0.29, 0.717) is 28.3 Å². The Balaban J connectivity index is 1.82. The van der Waals surface area contributed by atoms with Crippen LogP contribution in [0.5, 0.6) is 5.75 Å². The highest BCUT2D eigenvalue weighted by Crippen LogP contribution is 2.32. The van der Waals surface area contributed by atoms with Crippen LogP contribution in [0.3, 0.4) is 0 Å². The third kappa shape index (κ3) is 4.95. The summed E-state index contributed by atoms with van der Waals surface area (Å²) >= 11 is 13.2. The Labute approximate surface area is 188 Å². The summed E-state index contributed by atoms with van der Waals surface area (Å²) in [6, 6.07) is 9.06. The molecule has 2 heterocycles. The van der Waals surface area contributed by atoms with Crippen LogP contribution in [-0.4, -0.2) is 38.0 Å². The number of allylic oxidation sites excluding steroid dienone is 1. The second-order valence-electron chi connectivity index (χ2n) is 6.14. The van der Waals surface area contributed by atoms with E-state index in [1.807, 2.05) is 28.8 Å². The molecule has 0 aliphatic carbocycles. The number of benzene rings is 1. The Bertz CT molecular complexity index is 1070. The molecule has 1 unspecified atom stereocenters. The van der Waals surface area contributed by atoms with Crippen LogP contribution < -0.4 is 10.1 Å². The minimum atomic E-state index is -0.489. The van der Waals surface area contributed by atoms with Crippen molar-refractivity contribution in [3.05, 3.63) is 59.2 Å². The molecule has 0 aliphatic heterocycles. The van der Waals surface area contributed by atoms with Crippen molar-refractivity contribution in [2.45, 2.75) is 23.9 Å². The van der Waals surface area contributed by atoms with Gasteiger partial charge in [-0.1, -0.05) is 53.2 Å². The Hall–Kier alpha value is -2.55. The Morgan fingerprint density at radius 1 is 1.37 bits per heavy atom. The van der Waals surface area contributed by atoms with Crippen molar-refractivity contribution in [2.24, 2.45) is 0 Å². The first-order valence-electron chi connectivity index (χ1n) is 8.90. The number of thioether (sulfide) groups is 1. The van der Waals surface area contributed by atoms with Gasteiger partial charge in [0.1, 0.15) is 5.75 Å². The summed E-state index contributed by atoms with van der Waals surface area (Å²) in [5.41, 5.74) is 0.801. The number of halogens is 2. The highest BCUT2D eigenvalue weighted by Gasteiger charge is 2.22. The van der Waals surface area contributed by atoms with E-state index >= 15 is 0 Å². The van der Waals surface area contributed by atoms with E-state index in [4.69, 9.17) is 27.9 Å². The molecule has 0 saturated carbocycles. The fraction of sp³-hybridized carbons (Fsp3) is 0.200. The van der Waals surface area contributed by atoms with Crippen molar-refractivity contribution in [3.8, 4) is 17.1 Å². The average molecular weight is 464 g/mol. The van der Waals surface area contributed by atoms with E-state index < -0.39 is 5.25 Å². The van der Waals surface area contributed by atoms with Crippen molar-refractivity contribution < 1.29 is 9.53 Å². The highest BCUT2D eigenvalue weighted by atomic mass is 35.5. The average Bonchev–Trinajstić information content (AvgIpc) is 3.12. The number of para-hydroxylation sites is 1. The minimum Gasteiger partial charge on any atom is -0.496 e. The topological polar surface area (TPSA) is 81.9 Å². The summed E-state index contributed by atoms with van der Waals surface area (Å²) in [5.74, 6) is 1.29. The standard InChI is InChI=1S/C20H19Cl2N5O2S/c1-4-9-27-18(14-7-5-6-8-16(14)29-3)25-26-20(27)30-12(2)19(28)24-17-15(22)10-13(21)11-23-17/h4-8,10-12H,1,9H2,2-3H3,(H,23,24,28). The third-order valence-electron chi connectivity index (χ3n) is 4.08. The molecule has 7 nitrogen and oxygen atoms in total. The summed E-state index contributed by atoms with van der Waals surface area (Å²) in [4.78, 5) is 16.7. The van der Waals surface area contributed by atoms with Gasteiger partial charge >= 0.3 is 0 Å². The zero-order valence-corrected chi connectivity index (χ0v) is 18.6. The van der Waals surface area contributed by atoms with Crippen LogP contribution >= 0.6 is 35.0 Å². The fourth-order valence-corrected chi connectivity index (χ4v) is 3.92. The lowest BCUT2D eigenvalue weighted by atomic mass is 10.2. The lowest BCUT2D eigenvalue weighted by Gasteiger charge is -2.14. The van der Waals surface area contributed by atoms with Crippen LogP contribution in [0.2, 0.25) is 10.0 Å². The summed E-state index contributed by atoms with van der Waals surface area (Å²) < 4.78 is 7.32. The van der Waals surface area contributed by atoms with Crippen LogP contribution in [0.15, 0.2) is 54.3 Å². The van der Waals surface area contributed by atoms with Crippen LogP contribution in [0.25, 0.3) is 11.4 Å². The molecule has 156 valence electrons. The van der Waals surface area contributed by atoms with E-state index in [2.05, 4.69) is 27.1 Å². The smallest absolute Gasteiger partial charge is 0.238 e. The van der Waals surface area contributed by atoms with Crippen LogP contribution in [0.4, 0.5) is 5.82 Å². The van der Waals surface area contributed by atoms with Crippen molar-refractivity contribution in [3.63, 3.8) is 0 Å². The quantitative estimate of drug-likeness (QED) is 0.375. The lowest BCUT2D eigenvalue weighted by molar-refractivity contribution is -0.115. The Morgan fingerprint density at radius 3 is 2.83 bits per heavy atom. The number of ether oxygens (including phenoxy) is 1. The molecule has 0 saturated heterocycles. The minimum absolute atomic E-state index is 0.251. The first-order chi connectivity index (χ1) is 14.4. The van der Waals surface area contributed by atoms with Gasteiger partial charge in [-0.15, -0.1) is 16.8 Å². The fourth-order valence-electron chi connectivity index (χ4n) is 2.63. The van der Waals surface area contributed by atoms with Crippen LogP contribution in [0.1, 0.15) is 6.92 Å². The maximum absolute atomic E-state index is 12.6. The van der Waals surface area contributed by atoms with Crippen LogP contribution in [0, 0.1) is 0 Å². The predicted octanol–water partition coefficient (Wildman–Crippen LogP) is 4.96. The number of aromatic nitrogens is 4. The van der Waals surface area contributed by atoms with Crippen molar-refractivity contribution in [1.29, 1.82) is 0 Å². The maximum atomic E-state index is 12.6. The molecular formula is C20H19Cl2N5O2S. The molecule has 1 N–H and O–H groups in total. The molecular weight excluding hydrogens is 445 g/mol. The predicted molar refractivity (Wildman–Crippen MR) is 120 cm³/mol. The number of hydrogen-bond acceptors (Lipinski definition) is 6. The summed E-state index contributed by atoms with van der Waals surface area (Å²) in [7, 11) is 1.60. The molecule has 1 aromatic carbocycles. The SMILES string of the molecule is C=CCn1c(SC(C)C(=O)Nc2ncc(Cl)cc2Cl)nnc1-c1ccccc1OC. The number of methoxy groups -OCH3 is 1. The van der Waals surface area contributed by atoms with Crippen LogP contribution in [-0.2, 0) is 11.3 Å². The third-order valence-corrected chi connectivity index (χ3v) is 5.65. The van der Waals surface area contributed by atoms with E-state index in [1.54, 1.807) is 20.1 Å². The number of rotatable bonds is 8. The van der Waals surface area contributed by atoms with Gasteiger partial charge in [0.25, 0.3) is 0 Å². The van der Waals surface area contributed by atoms with E-state index in [-0.39, 0.29) is 16.7 Å². The number of nitrogens with one attached hydrogen (secondary N) is 1. The number of hydrogen-bond donors (Lipinski definition) is 1. The summed E-state index contributed by atoms with van der Waals surface area (Å²) in [5, 5.41) is 12.0. The van der Waals surface area contributed by atoms with E-state index in [0.717, 1.165) is 5.56 Å². The Kier molecular flexibility index (Phi) is 7.36. The molecule has 1 atom stereocenters. The van der Waals surface area contributed by atoms with Gasteiger partial charge in [-0.25, -0.2) is 4.98 Å². The lowest BCUT2D eigenvalue weighted by Crippen LogP contribution is -2.23. The maximum Gasteiger partial charge on any atom is 0.238 e. The summed E-state index contributed by atoms with van der Waals surface area (Å²) in [6.45, 7) is 6.05. The number of amides is 1. The molecule has 0 bridgehead atoms. The van der Waals surface area contributed by atoms with E-state index in [9.17, 15) is 4.79 Å². The highest BCUT2D eigenvalue weighted by molar-refractivity contribution is 8.00. The largest absolute Gasteiger partial charge is 0.496 e. The molecule has 10 heteroatoms. The first-order valence-corrected chi connectivity index (χ1v) is 10.5. The first kappa shape index (κ1) is 22.1. The second-order valence-corrected chi connectivity index (χ2v) is 8.29. The van der Waals surface area contributed by atoms with Crippen molar-refractivity contribution in [2.75, 3.05) is 12.4 Å². The number of nitrogens with zero attached hydrogens (tertiary/aromatic N) is 4. The molecule has 0 radical (unpaired) electrons. The van der Waals surface area contributed by atoms with Gasteiger partial charge in [0.2, 0.25) is 5.91 Å². The zero-order valence-electron chi connectivity index (χ0n) is 16.3. The van der Waals surface area contributed by atoms with Gasteiger partial charge in [0.15, 0.2) is 16.8 Å². The normalized spacial score (nSPS) is 11.7. The van der Waals surface area contributed by atoms with Gasteiger partial charge in [0, 0.05) is 12.7 Å². The van der Waals surface area contributed by atoms with Gasteiger partial charge in [-0.05, 0) is 25.1 Å². The molecule has 3 rings (SSSR count). The molecule has 1 amide bonds. The van der Waals surface area contributed by atoms with Gasteiger partial charge in [0.05, 0.1) is 28.0 Å². The number of pyridine rings is 1. The van der Waals surface area contributed by atoms with Crippen molar-refractivity contribution in [1.82, 2.24) is 19.7 Å². The summed E-state index contributed by atoms with van der Waals surface area (Å²) in [6.07, 6.45) is 3.16. The van der Waals surface area contributed by atoms with Gasteiger partial charge < -0.3 is 10.1 Å². The molecule has 0 fully saturated rings. The number of carbonyl (C=O) groups excluding carboxylic acids is 1. The number of anilines is 1. The van der Waals surface area contributed by atoms with Gasteiger partial charge in [-0.3, -0.25) is 9.36 Å². The second kappa shape index (κ2) is 9.97. The monoisotopic (exact) mass is 463 g/mol. The molecule has 0 spiro atoms. The molecule has 2 aromatic heterocycles. The molecule has 3 aromatic rings. The van der Waals surface area contributed by atoms with Gasteiger partial charge in [-0.2, -0.15) is 0 Å². The zero-order chi connectivity index (χ0) is 21.7. The number of carbonyl (C=O) groups is 1. The molecule has 30 heavy (non-hydrogen) atoms.